The van der Waals surface area contributed by atoms with Crippen molar-refractivity contribution in [3.05, 3.63) is 29.8 Å². The molecule has 2 saturated heterocycles. The molecule has 2 aliphatic heterocycles. The Balaban J connectivity index is 1.21. The largest absolute Gasteiger partial charge is 0.492 e. The van der Waals surface area contributed by atoms with Crippen molar-refractivity contribution in [3.63, 3.8) is 0 Å². The molecule has 0 unspecified atom stereocenters. The van der Waals surface area contributed by atoms with E-state index in [9.17, 15) is 9.59 Å². The Morgan fingerprint density at radius 1 is 0.929 bits per heavy atom. The smallest absolute Gasteiger partial charge is 0.237 e. The van der Waals surface area contributed by atoms with Gasteiger partial charge in [0.25, 0.3) is 0 Å². The predicted molar refractivity (Wildman–Crippen MR) is 107 cm³/mol. The maximum absolute atomic E-state index is 12.5. The van der Waals surface area contributed by atoms with Crippen LogP contribution in [0.2, 0.25) is 0 Å². The van der Waals surface area contributed by atoms with Crippen LogP contribution in [0.1, 0.15) is 44.1 Å². The van der Waals surface area contributed by atoms with E-state index in [1.807, 2.05) is 17.0 Å². The van der Waals surface area contributed by atoms with Crippen molar-refractivity contribution in [1.29, 1.82) is 0 Å². The monoisotopic (exact) mass is 385 g/mol. The molecule has 2 heterocycles. The first kappa shape index (κ1) is 19.2. The Morgan fingerprint density at radius 3 is 2.39 bits per heavy atom. The molecule has 0 radical (unpaired) electrons. The first-order valence-electron chi connectivity index (χ1n) is 10.7. The highest BCUT2D eigenvalue weighted by molar-refractivity contribution is 5.79. The zero-order chi connectivity index (χ0) is 19.3. The maximum atomic E-state index is 12.5. The molecule has 4 rings (SSSR count). The van der Waals surface area contributed by atoms with Crippen LogP contribution in [-0.2, 0) is 16.1 Å². The molecular weight excluding hydrogens is 354 g/mol. The second kappa shape index (κ2) is 8.95. The Labute approximate surface area is 167 Å². The predicted octanol–water partition coefficient (Wildman–Crippen LogP) is 2.27. The summed E-state index contributed by atoms with van der Waals surface area (Å²) in [6, 6.07) is 8.60. The number of carbonyl (C=O) groups is 2. The number of benzene rings is 1. The van der Waals surface area contributed by atoms with Gasteiger partial charge in [-0.15, -0.1) is 0 Å². The summed E-state index contributed by atoms with van der Waals surface area (Å²) in [7, 11) is 0. The number of ether oxygens (including phenoxy) is 1. The van der Waals surface area contributed by atoms with Crippen LogP contribution in [0, 0.1) is 0 Å². The highest BCUT2D eigenvalue weighted by Gasteiger charge is 2.31. The number of piperazine rings is 1. The van der Waals surface area contributed by atoms with Gasteiger partial charge in [-0.2, -0.15) is 0 Å². The summed E-state index contributed by atoms with van der Waals surface area (Å²) in [5.74, 6) is 1.36. The van der Waals surface area contributed by atoms with Gasteiger partial charge in [-0.1, -0.05) is 25.0 Å². The van der Waals surface area contributed by atoms with Crippen molar-refractivity contribution in [2.45, 2.75) is 51.1 Å². The number of likely N-dealkylation sites (tertiary alicyclic amines) is 1. The first-order chi connectivity index (χ1) is 13.7. The second-order valence-electron chi connectivity index (χ2n) is 8.21. The number of rotatable bonds is 7. The average Bonchev–Trinajstić information content (AvgIpc) is 3.36. The van der Waals surface area contributed by atoms with Crippen LogP contribution in [0.4, 0.5) is 0 Å². The van der Waals surface area contributed by atoms with E-state index in [0.29, 0.717) is 32.2 Å². The standard InChI is InChI=1S/C22H31N3O3/c26-21-6-3-11-24(21)14-15-28-20-9-7-18(8-10-20)16-23-12-13-25(22(27)17-23)19-4-1-2-5-19/h7-10,19H,1-6,11-17H2. The lowest BCUT2D eigenvalue weighted by molar-refractivity contribution is -0.138. The highest BCUT2D eigenvalue weighted by Crippen LogP contribution is 2.25. The Bertz CT molecular complexity index is 685. The van der Waals surface area contributed by atoms with Gasteiger partial charge < -0.3 is 14.5 Å². The van der Waals surface area contributed by atoms with Crippen LogP contribution >= 0.6 is 0 Å². The molecule has 6 nitrogen and oxygen atoms in total. The lowest BCUT2D eigenvalue weighted by atomic mass is 10.1. The van der Waals surface area contributed by atoms with Crippen LogP contribution in [0.3, 0.4) is 0 Å². The molecule has 1 aromatic carbocycles. The van der Waals surface area contributed by atoms with E-state index in [1.54, 1.807) is 0 Å². The van der Waals surface area contributed by atoms with Crippen LogP contribution in [0.25, 0.3) is 0 Å². The summed E-state index contributed by atoms with van der Waals surface area (Å²) in [5.41, 5.74) is 1.20. The molecule has 0 atom stereocenters. The lowest BCUT2D eigenvalue weighted by Crippen LogP contribution is -2.53. The van der Waals surface area contributed by atoms with Gasteiger partial charge in [-0.05, 0) is 37.0 Å². The molecular formula is C22H31N3O3. The quantitative estimate of drug-likeness (QED) is 0.723. The average molecular weight is 386 g/mol. The fraction of sp³-hybridized carbons (Fsp3) is 0.636. The van der Waals surface area contributed by atoms with Crippen molar-refractivity contribution in [3.8, 4) is 5.75 Å². The summed E-state index contributed by atoms with van der Waals surface area (Å²) in [4.78, 5) is 30.4. The third-order valence-electron chi connectivity index (χ3n) is 6.23. The molecule has 2 amide bonds. The van der Waals surface area contributed by atoms with Crippen molar-refractivity contribution < 1.29 is 14.3 Å². The molecule has 3 aliphatic rings. The van der Waals surface area contributed by atoms with Gasteiger partial charge in [0.05, 0.1) is 13.1 Å². The Kier molecular flexibility index (Phi) is 6.15. The molecule has 1 aliphatic carbocycles. The topological polar surface area (TPSA) is 53.1 Å². The van der Waals surface area contributed by atoms with E-state index in [-0.39, 0.29) is 11.8 Å². The molecule has 0 N–H and O–H groups in total. The third-order valence-corrected chi connectivity index (χ3v) is 6.23. The van der Waals surface area contributed by atoms with Crippen molar-refractivity contribution in [1.82, 2.24) is 14.7 Å². The van der Waals surface area contributed by atoms with Gasteiger partial charge in [0.2, 0.25) is 11.8 Å². The van der Waals surface area contributed by atoms with Crippen LogP contribution < -0.4 is 4.74 Å². The van der Waals surface area contributed by atoms with Gasteiger partial charge in [0.1, 0.15) is 12.4 Å². The van der Waals surface area contributed by atoms with E-state index in [0.717, 1.165) is 38.3 Å². The number of amides is 2. The molecule has 0 spiro atoms. The molecule has 0 aromatic heterocycles. The van der Waals surface area contributed by atoms with E-state index in [1.165, 1.54) is 31.2 Å². The SMILES string of the molecule is O=C1CCCN1CCOc1ccc(CN2CCN(C3CCCC3)C(=O)C2)cc1. The lowest BCUT2D eigenvalue weighted by Gasteiger charge is -2.37. The van der Waals surface area contributed by atoms with Crippen molar-refractivity contribution >= 4 is 11.8 Å². The zero-order valence-electron chi connectivity index (χ0n) is 16.6. The summed E-state index contributed by atoms with van der Waals surface area (Å²) in [6.45, 7) is 5.18. The number of nitrogens with zero attached hydrogens (tertiary/aromatic N) is 3. The zero-order valence-corrected chi connectivity index (χ0v) is 16.6. The van der Waals surface area contributed by atoms with Crippen LogP contribution in [0.15, 0.2) is 24.3 Å². The molecule has 3 fully saturated rings. The minimum absolute atomic E-state index is 0.238. The van der Waals surface area contributed by atoms with Gasteiger partial charge in [-0.3, -0.25) is 14.5 Å². The molecule has 152 valence electrons. The summed E-state index contributed by atoms with van der Waals surface area (Å²) in [5, 5.41) is 0. The number of hydrogen-bond acceptors (Lipinski definition) is 4. The molecule has 0 bridgehead atoms. The minimum Gasteiger partial charge on any atom is -0.492 e. The van der Waals surface area contributed by atoms with Gasteiger partial charge in [0.15, 0.2) is 0 Å². The van der Waals surface area contributed by atoms with E-state index in [4.69, 9.17) is 4.74 Å². The van der Waals surface area contributed by atoms with Gasteiger partial charge in [-0.25, -0.2) is 0 Å². The van der Waals surface area contributed by atoms with Crippen LogP contribution in [-0.4, -0.2) is 71.9 Å². The first-order valence-corrected chi connectivity index (χ1v) is 10.7. The summed E-state index contributed by atoms with van der Waals surface area (Å²) < 4.78 is 5.78. The molecule has 6 heteroatoms. The maximum Gasteiger partial charge on any atom is 0.237 e. The minimum atomic E-state index is 0.238. The summed E-state index contributed by atoms with van der Waals surface area (Å²) in [6.07, 6.45) is 6.52. The fourth-order valence-corrected chi connectivity index (χ4v) is 4.64. The van der Waals surface area contributed by atoms with Crippen LogP contribution in [0.5, 0.6) is 5.75 Å². The number of hydrogen-bond donors (Lipinski definition) is 0. The van der Waals surface area contributed by atoms with Gasteiger partial charge >= 0.3 is 0 Å². The Morgan fingerprint density at radius 2 is 1.71 bits per heavy atom. The Hall–Kier alpha value is -2.08. The van der Waals surface area contributed by atoms with Gasteiger partial charge in [0, 0.05) is 38.6 Å². The molecule has 1 saturated carbocycles. The van der Waals surface area contributed by atoms with Crippen molar-refractivity contribution in [2.24, 2.45) is 0 Å². The summed E-state index contributed by atoms with van der Waals surface area (Å²) >= 11 is 0. The molecule has 28 heavy (non-hydrogen) atoms. The highest BCUT2D eigenvalue weighted by atomic mass is 16.5. The van der Waals surface area contributed by atoms with E-state index < -0.39 is 0 Å². The number of carbonyl (C=O) groups excluding carboxylic acids is 2. The fourth-order valence-electron chi connectivity index (χ4n) is 4.64. The second-order valence-corrected chi connectivity index (χ2v) is 8.21. The molecule has 1 aromatic rings. The third kappa shape index (κ3) is 4.66. The van der Waals surface area contributed by atoms with E-state index in [2.05, 4.69) is 21.9 Å². The van der Waals surface area contributed by atoms with Crippen molar-refractivity contribution in [2.75, 3.05) is 39.3 Å². The van der Waals surface area contributed by atoms with E-state index >= 15 is 0 Å². The normalized spacial score (nSPS) is 21.7.